The predicted molar refractivity (Wildman–Crippen MR) is 104 cm³/mol. The molecule has 0 aliphatic carbocycles. The lowest BCUT2D eigenvalue weighted by Crippen LogP contribution is -1.92. The number of aliphatic imine (C=N–C) groups is 1. The molecule has 0 radical (unpaired) electrons. The highest BCUT2D eigenvalue weighted by Crippen LogP contribution is 2.37. The van der Waals surface area contributed by atoms with Crippen molar-refractivity contribution in [2.24, 2.45) is 4.99 Å². The van der Waals surface area contributed by atoms with E-state index in [2.05, 4.69) is 4.99 Å². The number of para-hydroxylation sites is 1. The normalized spacial score (nSPS) is 14.3. The highest BCUT2D eigenvalue weighted by Gasteiger charge is 2.16. The molecular weight excluding hydrogens is 360 g/mol. The number of halogens is 1. The zero-order valence-corrected chi connectivity index (χ0v) is 14.7. The standard InChI is InChI=1S/C18H11ClN2OS2/c19-12-4-3-5-13(9-12)21-17(22)16(24-18(21)23)8-11-10-20-15-7-2-1-6-14(11)15/h1-10,22H/b11-8+. The molecule has 2 heterocycles. The average Bonchev–Trinajstić information content (AvgIpc) is 3.09. The van der Waals surface area contributed by atoms with Crippen LogP contribution in [0.1, 0.15) is 10.4 Å². The molecule has 0 bridgehead atoms. The summed E-state index contributed by atoms with van der Waals surface area (Å²) in [6.45, 7) is 0. The van der Waals surface area contributed by atoms with Crippen LogP contribution < -0.4 is 0 Å². The van der Waals surface area contributed by atoms with E-state index in [0.717, 1.165) is 22.5 Å². The maximum atomic E-state index is 10.6. The molecule has 118 valence electrons. The molecule has 6 heteroatoms. The first-order chi connectivity index (χ1) is 11.6. The molecule has 1 aliphatic rings. The summed E-state index contributed by atoms with van der Waals surface area (Å²) in [6, 6.07) is 15.1. The molecule has 0 amide bonds. The fraction of sp³-hybridized carbons (Fsp3) is 0. The smallest absolute Gasteiger partial charge is 0.215 e. The van der Waals surface area contributed by atoms with E-state index in [1.54, 1.807) is 22.9 Å². The van der Waals surface area contributed by atoms with Crippen LogP contribution in [0.15, 0.2) is 53.5 Å². The van der Waals surface area contributed by atoms with Gasteiger partial charge in [0.25, 0.3) is 0 Å². The number of aromatic nitrogens is 1. The number of hydrogen-bond donors (Lipinski definition) is 1. The second-order valence-electron chi connectivity index (χ2n) is 5.25. The lowest BCUT2D eigenvalue weighted by atomic mass is 10.1. The maximum Gasteiger partial charge on any atom is 0.215 e. The fourth-order valence-corrected chi connectivity index (χ4v) is 4.10. The summed E-state index contributed by atoms with van der Waals surface area (Å²) in [4.78, 5) is 5.08. The number of thiazole rings is 1. The molecule has 3 nitrogen and oxygen atoms in total. The molecule has 2 aromatic carbocycles. The number of fused-ring (bicyclic) bond motifs is 1. The summed E-state index contributed by atoms with van der Waals surface area (Å²) < 4.78 is 2.18. The van der Waals surface area contributed by atoms with Crippen LogP contribution in [-0.2, 0) is 0 Å². The van der Waals surface area contributed by atoms with Gasteiger partial charge in [-0.15, -0.1) is 11.3 Å². The molecule has 1 aliphatic heterocycles. The molecule has 4 rings (SSSR count). The van der Waals surface area contributed by atoms with Gasteiger partial charge in [0.1, 0.15) is 0 Å². The van der Waals surface area contributed by atoms with Crippen LogP contribution in [0.5, 0.6) is 5.88 Å². The van der Waals surface area contributed by atoms with Crippen molar-refractivity contribution in [1.82, 2.24) is 4.57 Å². The summed E-state index contributed by atoms with van der Waals surface area (Å²) in [7, 11) is 0. The van der Waals surface area contributed by atoms with Crippen molar-refractivity contribution in [3.05, 3.63) is 67.9 Å². The minimum Gasteiger partial charge on any atom is -0.493 e. The summed E-state index contributed by atoms with van der Waals surface area (Å²) in [5.41, 5.74) is 3.67. The molecule has 0 atom stereocenters. The van der Waals surface area contributed by atoms with Crippen molar-refractivity contribution in [2.45, 2.75) is 0 Å². The van der Waals surface area contributed by atoms with Gasteiger partial charge in [-0.25, -0.2) is 0 Å². The van der Waals surface area contributed by atoms with Gasteiger partial charge in [0.15, 0.2) is 3.95 Å². The zero-order chi connectivity index (χ0) is 16.7. The Hall–Kier alpha value is -2.21. The Morgan fingerprint density at radius 3 is 2.83 bits per heavy atom. The van der Waals surface area contributed by atoms with Gasteiger partial charge in [-0.05, 0) is 42.6 Å². The second kappa shape index (κ2) is 6.02. The van der Waals surface area contributed by atoms with Crippen LogP contribution in [0, 0.1) is 3.95 Å². The molecule has 0 spiro atoms. The van der Waals surface area contributed by atoms with E-state index >= 15 is 0 Å². The minimum absolute atomic E-state index is 0.109. The quantitative estimate of drug-likeness (QED) is 0.571. The largest absolute Gasteiger partial charge is 0.493 e. The summed E-state index contributed by atoms with van der Waals surface area (Å²) >= 11 is 12.8. The van der Waals surface area contributed by atoms with Crippen molar-refractivity contribution < 1.29 is 5.11 Å². The van der Waals surface area contributed by atoms with Crippen molar-refractivity contribution in [2.75, 3.05) is 0 Å². The highest BCUT2D eigenvalue weighted by molar-refractivity contribution is 7.73. The Balaban J connectivity index is 1.83. The first-order valence-corrected chi connectivity index (χ1v) is 8.80. The summed E-state index contributed by atoms with van der Waals surface area (Å²) in [5, 5.41) is 11.2. The molecule has 3 aromatic rings. The van der Waals surface area contributed by atoms with E-state index in [-0.39, 0.29) is 5.88 Å². The van der Waals surface area contributed by atoms with E-state index in [0.29, 0.717) is 13.9 Å². The summed E-state index contributed by atoms with van der Waals surface area (Å²) in [6.07, 6.45) is 3.71. The number of allylic oxidation sites excluding steroid dienone is 1. The van der Waals surface area contributed by atoms with Crippen molar-refractivity contribution >= 4 is 58.7 Å². The molecule has 1 aromatic heterocycles. The average molecular weight is 371 g/mol. The Morgan fingerprint density at radius 2 is 2.00 bits per heavy atom. The Labute approximate surface area is 152 Å². The molecule has 24 heavy (non-hydrogen) atoms. The van der Waals surface area contributed by atoms with Gasteiger partial charge in [0.2, 0.25) is 5.88 Å². The lowest BCUT2D eigenvalue weighted by Gasteiger charge is -2.05. The van der Waals surface area contributed by atoms with Crippen molar-refractivity contribution in [1.29, 1.82) is 0 Å². The lowest BCUT2D eigenvalue weighted by molar-refractivity contribution is 0.441. The third kappa shape index (κ3) is 2.60. The molecule has 0 unspecified atom stereocenters. The fourth-order valence-electron chi connectivity index (χ4n) is 2.61. The van der Waals surface area contributed by atoms with Crippen LogP contribution in [0.2, 0.25) is 5.02 Å². The SMILES string of the molecule is Oc1c(/C=C2\C=Nc3ccccc32)sc(=S)n1-c1cccc(Cl)c1. The third-order valence-corrected chi connectivity index (χ3v) is 5.27. The molecule has 0 saturated carbocycles. The summed E-state index contributed by atoms with van der Waals surface area (Å²) in [5.74, 6) is 0.109. The predicted octanol–water partition coefficient (Wildman–Crippen LogP) is 5.88. The minimum atomic E-state index is 0.109. The first-order valence-electron chi connectivity index (χ1n) is 7.19. The van der Waals surface area contributed by atoms with Crippen molar-refractivity contribution in [3.63, 3.8) is 0 Å². The van der Waals surface area contributed by atoms with E-state index in [4.69, 9.17) is 23.8 Å². The maximum absolute atomic E-state index is 10.6. The molecule has 1 N–H and O–H groups in total. The van der Waals surface area contributed by atoms with Crippen LogP contribution in [0.25, 0.3) is 17.3 Å². The number of hydrogen-bond acceptors (Lipinski definition) is 4. The monoisotopic (exact) mass is 370 g/mol. The third-order valence-electron chi connectivity index (χ3n) is 3.72. The van der Waals surface area contributed by atoms with Crippen molar-refractivity contribution in [3.8, 4) is 11.6 Å². The van der Waals surface area contributed by atoms with Crippen LogP contribution in [0.4, 0.5) is 5.69 Å². The van der Waals surface area contributed by atoms with Gasteiger partial charge in [-0.2, -0.15) is 0 Å². The second-order valence-corrected chi connectivity index (χ2v) is 7.36. The number of rotatable bonds is 2. The highest BCUT2D eigenvalue weighted by atomic mass is 35.5. The van der Waals surface area contributed by atoms with Crippen LogP contribution in [-0.4, -0.2) is 15.9 Å². The van der Waals surface area contributed by atoms with Gasteiger partial charge in [-0.1, -0.05) is 35.9 Å². The molecular formula is C18H11ClN2OS2. The van der Waals surface area contributed by atoms with E-state index in [9.17, 15) is 5.11 Å². The molecule has 0 saturated heterocycles. The van der Waals surface area contributed by atoms with E-state index in [1.807, 2.05) is 42.5 Å². The Kier molecular flexibility index (Phi) is 3.84. The molecule has 0 fully saturated rings. The van der Waals surface area contributed by atoms with Gasteiger partial charge in [0, 0.05) is 22.4 Å². The zero-order valence-electron chi connectivity index (χ0n) is 12.3. The number of benzene rings is 2. The Morgan fingerprint density at radius 1 is 1.17 bits per heavy atom. The van der Waals surface area contributed by atoms with Gasteiger partial charge >= 0.3 is 0 Å². The topological polar surface area (TPSA) is 37.5 Å². The van der Waals surface area contributed by atoms with Crippen LogP contribution >= 0.6 is 35.2 Å². The number of nitrogens with zero attached hydrogens (tertiary/aromatic N) is 2. The van der Waals surface area contributed by atoms with E-state index in [1.165, 1.54) is 11.3 Å². The van der Waals surface area contributed by atoms with Gasteiger partial charge in [-0.3, -0.25) is 9.56 Å². The van der Waals surface area contributed by atoms with Gasteiger partial charge < -0.3 is 5.11 Å². The number of aromatic hydroxyl groups is 1. The Bertz CT molecular complexity index is 1060. The van der Waals surface area contributed by atoms with E-state index < -0.39 is 0 Å². The van der Waals surface area contributed by atoms with Gasteiger partial charge in [0.05, 0.1) is 16.3 Å². The first kappa shape index (κ1) is 15.3. The van der Waals surface area contributed by atoms with Crippen LogP contribution in [0.3, 0.4) is 0 Å².